The van der Waals surface area contributed by atoms with E-state index in [-0.39, 0.29) is 24.4 Å². The maximum atomic E-state index is 12.7. The summed E-state index contributed by atoms with van der Waals surface area (Å²) in [5, 5.41) is 6.38. The van der Waals surface area contributed by atoms with Crippen molar-refractivity contribution in [2.24, 2.45) is 0 Å². The number of hydrogen-bond donors (Lipinski definition) is 2. The molecule has 0 atom stereocenters. The van der Waals surface area contributed by atoms with Crippen LogP contribution in [-0.2, 0) is 6.61 Å². The first kappa shape index (κ1) is 21.9. The van der Waals surface area contributed by atoms with E-state index in [1.165, 1.54) is 0 Å². The van der Waals surface area contributed by atoms with E-state index >= 15 is 0 Å². The van der Waals surface area contributed by atoms with Gasteiger partial charge in [-0.05, 0) is 43.6 Å². The Kier molecular flexibility index (Phi) is 8.42. The topological polar surface area (TPSA) is 68.8 Å². The maximum Gasteiger partial charge on any atom is 0.251 e. The predicted molar refractivity (Wildman–Crippen MR) is 111 cm³/mol. The van der Waals surface area contributed by atoms with Gasteiger partial charge in [0.15, 0.2) is 11.5 Å². The van der Waals surface area contributed by atoms with Crippen molar-refractivity contribution >= 4 is 18.3 Å². The average Bonchev–Trinajstić information content (AvgIpc) is 2.73. The fourth-order valence-corrected chi connectivity index (χ4v) is 3.12. The number of benzene rings is 2. The summed E-state index contributed by atoms with van der Waals surface area (Å²) in [4.78, 5) is 12.7. The molecule has 2 aromatic carbocycles. The molecular formula is C21H27ClN2O4. The first-order chi connectivity index (χ1) is 13.2. The molecule has 2 N–H and O–H groups in total. The van der Waals surface area contributed by atoms with Gasteiger partial charge < -0.3 is 24.8 Å². The molecule has 2 aromatic rings. The minimum absolute atomic E-state index is 0. The molecule has 1 aliphatic rings. The van der Waals surface area contributed by atoms with Gasteiger partial charge in [-0.15, -0.1) is 12.4 Å². The second-order valence-electron chi connectivity index (χ2n) is 6.48. The number of rotatable bonds is 7. The summed E-state index contributed by atoms with van der Waals surface area (Å²) in [5.74, 6) is 1.30. The highest BCUT2D eigenvalue weighted by atomic mass is 35.5. The number of hydrogen-bond acceptors (Lipinski definition) is 5. The standard InChI is InChI=1S/C21H26N2O4.ClH/c1-25-18-12-16(21(24)23-17-8-10-22-11-9-17)13-19(26-2)20(18)27-14-15-6-4-3-5-7-15;/h3-7,12-13,17,22H,8-11,14H2,1-2H3,(H,23,24);1H. The average molecular weight is 407 g/mol. The zero-order valence-corrected chi connectivity index (χ0v) is 17.0. The molecule has 1 aliphatic heterocycles. The Morgan fingerprint density at radius 2 is 1.68 bits per heavy atom. The molecule has 0 spiro atoms. The molecule has 7 heteroatoms. The minimum atomic E-state index is -0.131. The van der Waals surface area contributed by atoms with Gasteiger partial charge in [0.1, 0.15) is 6.61 Å². The summed E-state index contributed by atoms with van der Waals surface area (Å²) in [6.45, 7) is 2.22. The number of ether oxygens (including phenoxy) is 3. The van der Waals surface area contributed by atoms with Gasteiger partial charge in [0.05, 0.1) is 14.2 Å². The highest BCUT2D eigenvalue weighted by molar-refractivity contribution is 5.95. The van der Waals surface area contributed by atoms with Crippen LogP contribution in [-0.4, -0.2) is 39.3 Å². The van der Waals surface area contributed by atoms with E-state index in [2.05, 4.69) is 10.6 Å². The molecule has 152 valence electrons. The van der Waals surface area contributed by atoms with Gasteiger partial charge >= 0.3 is 0 Å². The van der Waals surface area contributed by atoms with E-state index < -0.39 is 0 Å². The Balaban J connectivity index is 0.00000280. The Hall–Kier alpha value is -2.44. The molecule has 1 heterocycles. The quantitative estimate of drug-likeness (QED) is 0.739. The van der Waals surface area contributed by atoms with Crippen molar-refractivity contribution in [1.82, 2.24) is 10.6 Å². The summed E-state index contributed by atoms with van der Waals surface area (Å²) >= 11 is 0. The van der Waals surface area contributed by atoms with Gasteiger partial charge in [0.2, 0.25) is 5.75 Å². The lowest BCUT2D eigenvalue weighted by Gasteiger charge is -2.24. The van der Waals surface area contributed by atoms with Gasteiger partial charge in [-0.2, -0.15) is 0 Å². The smallest absolute Gasteiger partial charge is 0.251 e. The number of methoxy groups -OCH3 is 2. The van der Waals surface area contributed by atoms with Crippen molar-refractivity contribution in [2.45, 2.75) is 25.5 Å². The van der Waals surface area contributed by atoms with Gasteiger partial charge in [-0.25, -0.2) is 0 Å². The van der Waals surface area contributed by atoms with Crippen LogP contribution in [0.3, 0.4) is 0 Å². The third kappa shape index (κ3) is 5.53. The van der Waals surface area contributed by atoms with Gasteiger partial charge in [0, 0.05) is 11.6 Å². The Labute approximate surface area is 172 Å². The first-order valence-corrected chi connectivity index (χ1v) is 9.15. The SMILES string of the molecule is COc1cc(C(=O)NC2CCNCC2)cc(OC)c1OCc1ccccc1.Cl. The van der Waals surface area contributed by atoms with E-state index in [9.17, 15) is 4.79 Å². The van der Waals surface area contributed by atoms with Gasteiger partial charge in [-0.1, -0.05) is 30.3 Å². The molecule has 0 aromatic heterocycles. The molecule has 1 fully saturated rings. The van der Waals surface area contributed by atoms with Crippen LogP contribution in [0.1, 0.15) is 28.8 Å². The third-order valence-corrected chi connectivity index (χ3v) is 4.62. The van der Waals surface area contributed by atoms with Crippen LogP contribution in [0.25, 0.3) is 0 Å². The Morgan fingerprint density at radius 3 is 2.25 bits per heavy atom. The largest absolute Gasteiger partial charge is 0.493 e. The summed E-state index contributed by atoms with van der Waals surface area (Å²) in [5.41, 5.74) is 1.53. The zero-order valence-electron chi connectivity index (χ0n) is 16.2. The molecule has 28 heavy (non-hydrogen) atoms. The molecule has 0 aliphatic carbocycles. The van der Waals surface area contributed by atoms with E-state index in [0.717, 1.165) is 31.5 Å². The van der Waals surface area contributed by atoms with Crippen LogP contribution in [0, 0.1) is 0 Å². The van der Waals surface area contributed by atoms with Crippen molar-refractivity contribution in [1.29, 1.82) is 0 Å². The van der Waals surface area contributed by atoms with E-state index in [4.69, 9.17) is 14.2 Å². The highest BCUT2D eigenvalue weighted by Gasteiger charge is 2.21. The Bertz CT molecular complexity index is 739. The third-order valence-electron chi connectivity index (χ3n) is 4.62. The van der Waals surface area contributed by atoms with E-state index in [0.29, 0.717) is 29.4 Å². The van der Waals surface area contributed by atoms with Gasteiger partial charge in [0.25, 0.3) is 5.91 Å². The minimum Gasteiger partial charge on any atom is -0.493 e. The number of carbonyl (C=O) groups excluding carboxylic acids is 1. The predicted octanol–water partition coefficient (Wildman–Crippen LogP) is 3.19. The lowest BCUT2D eigenvalue weighted by Crippen LogP contribution is -2.42. The van der Waals surface area contributed by atoms with Crippen molar-refractivity contribution in [2.75, 3.05) is 27.3 Å². The number of halogens is 1. The lowest BCUT2D eigenvalue weighted by atomic mass is 10.1. The van der Waals surface area contributed by atoms with Crippen molar-refractivity contribution in [3.8, 4) is 17.2 Å². The van der Waals surface area contributed by atoms with E-state index in [1.54, 1.807) is 26.4 Å². The van der Waals surface area contributed by atoms with Crippen LogP contribution >= 0.6 is 12.4 Å². The summed E-state index contributed by atoms with van der Waals surface area (Å²) < 4.78 is 16.9. The fourth-order valence-electron chi connectivity index (χ4n) is 3.12. The maximum absolute atomic E-state index is 12.7. The monoisotopic (exact) mass is 406 g/mol. The molecule has 0 saturated carbocycles. The second-order valence-corrected chi connectivity index (χ2v) is 6.48. The lowest BCUT2D eigenvalue weighted by molar-refractivity contribution is 0.0928. The molecule has 0 bridgehead atoms. The first-order valence-electron chi connectivity index (χ1n) is 9.15. The molecule has 1 amide bonds. The van der Waals surface area contributed by atoms with Crippen LogP contribution in [0.4, 0.5) is 0 Å². The second kappa shape index (κ2) is 10.8. The molecular weight excluding hydrogens is 380 g/mol. The molecule has 1 saturated heterocycles. The normalized spacial score (nSPS) is 13.9. The van der Waals surface area contributed by atoms with Crippen LogP contribution in [0.5, 0.6) is 17.2 Å². The molecule has 3 rings (SSSR count). The molecule has 0 radical (unpaired) electrons. The summed E-state index contributed by atoms with van der Waals surface area (Å²) in [6, 6.07) is 13.4. The number of carbonyl (C=O) groups is 1. The van der Waals surface area contributed by atoms with E-state index in [1.807, 2.05) is 30.3 Å². The van der Waals surface area contributed by atoms with Crippen LogP contribution < -0.4 is 24.8 Å². The van der Waals surface area contributed by atoms with Gasteiger partial charge in [-0.3, -0.25) is 4.79 Å². The fraction of sp³-hybridized carbons (Fsp3) is 0.381. The molecule has 6 nitrogen and oxygen atoms in total. The van der Waals surface area contributed by atoms with Crippen molar-refractivity contribution in [3.05, 3.63) is 53.6 Å². The summed E-state index contributed by atoms with van der Waals surface area (Å²) in [7, 11) is 3.11. The number of piperidine rings is 1. The van der Waals surface area contributed by atoms with Crippen molar-refractivity contribution in [3.63, 3.8) is 0 Å². The van der Waals surface area contributed by atoms with Crippen LogP contribution in [0.15, 0.2) is 42.5 Å². The van der Waals surface area contributed by atoms with Crippen LogP contribution in [0.2, 0.25) is 0 Å². The number of nitrogens with one attached hydrogen (secondary N) is 2. The number of amides is 1. The Morgan fingerprint density at radius 1 is 1.07 bits per heavy atom. The molecule has 0 unspecified atom stereocenters. The summed E-state index contributed by atoms with van der Waals surface area (Å²) in [6.07, 6.45) is 1.86. The zero-order chi connectivity index (χ0) is 19.1. The highest BCUT2D eigenvalue weighted by Crippen LogP contribution is 2.39. The van der Waals surface area contributed by atoms with Crippen molar-refractivity contribution < 1.29 is 19.0 Å².